The number of carbonyl (C=O) groups is 1. The van der Waals surface area contributed by atoms with E-state index in [-0.39, 0.29) is 11.7 Å². The number of allylic oxidation sites excluding steroid dienone is 1. The standard InChI is InChI=1S/C19H19N3O/c1-4-13-21-18(20-3)19(23)22-17-12-8-11-16(14(17)2)15-9-6-5-7-10-15/h4-13H,3H2,1-2H3,(H,22,23)/b13-4-,21-18?. The lowest BCUT2D eigenvalue weighted by atomic mass is 9.99. The molecule has 0 spiro atoms. The molecule has 0 saturated carbocycles. The third kappa shape index (κ3) is 4.01. The Morgan fingerprint density at radius 1 is 1.13 bits per heavy atom. The molecule has 1 amide bonds. The van der Waals surface area contributed by atoms with E-state index in [4.69, 9.17) is 0 Å². The highest BCUT2D eigenvalue weighted by Crippen LogP contribution is 2.28. The fraction of sp³-hybridized carbons (Fsp3) is 0.105. The Balaban J connectivity index is 2.31. The van der Waals surface area contributed by atoms with Crippen molar-refractivity contribution in [2.24, 2.45) is 9.98 Å². The number of rotatable bonds is 3. The van der Waals surface area contributed by atoms with E-state index in [9.17, 15) is 4.79 Å². The third-order valence-corrected chi connectivity index (χ3v) is 3.37. The van der Waals surface area contributed by atoms with Crippen molar-refractivity contribution in [3.8, 4) is 11.1 Å². The number of nitrogens with zero attached hydrogens (tertiary/aromatic N) is 2. The summed E-state index contributed by atoms with van der Waals surface area (Å²) in [5, 5.41) is 2.84. The lowest BCUT2D eigenvalue weighted by Crippen LogP contribution is -2.21. The second kappa shape index (κ2) is 7.84. The summed E-state index contributed by atoms with van der Waals surface area (Å²) >= 11 is 0. The van der Waals surface area contributed by atoms with Crippen molar-refractivity contribution >= 4 is 24.1 Å². The fourth-order valence-corrected chi connectivity index (χ4v) is 2.20. The molecule has 1 N–H and O–H groups in total. The molecule has 2 rings (SSSR count). The van der Waals surface area contributed by atoms with Gasteiger partial charge in [0.15, 0.2) is 0 Å². The third-order valence-electron chi connectivity index (χ3n) is 3.37. The lowest BCUT2D eigenvalue weighted by molar-refractivity contribution is -0.110. The van der Waals surface area contributed by atoms with Crippen LogP contribution in [0.15, 0.2) is 70.8 Å². The monoisotopic (exact) mass is 305 g/mol. The van der Waals surface area contributed by atoms with Crippen LogP contribution in [0, 0.1) is 6.92 Å². The first-order valence-corrected chi connectivity index (χ1v) is 7.29. The molecular formula is C19H19N3O. The molecule has 4 heteroatoms. The van der Waals surface area contributed by atoms with Crippen LogP contribution in [0.5, 0.6) is 0 Å². The fourth-order valence-electron chi connectivity index (χ4n) is 2.20. The van der Waals surface area contributed by atoms with E-state index in [0.717, 1.165) is 22.4 Å². The number of amidine groups is 1. The van der Waals surface area contributed by atoms with Crippen LogP contribution < -0.4 is 5.32 Å². The van der Waals surface area contributed by atoms with Crippen molar-refractivity contribution in [3.05, 3.63) is 66.4 Å². The first-order chi connectivity index (χ1) is 11.2. The minimum absolute atomic E-state index is 0.0348. The van der Waals surface area contributed by atoms with Gasteiger partial charge in [-0.3, -0.25) is 4.79 Å². The van der Waals surface area contributed by atoms with Gasteiger partial charge in [0.2, 0.25) is 5.84 Å². The molecule has 0 saturated heterocycles. The number of nitrogens with one attached hydrogen (secondary N) is 1. The van der Waals surface area contributed by atoms with Crippen molar-refractivity contribution in [2.45, 2.75) is 13.8 Å². The van der Waals surface area contributed by atoms with Gasteiger partial charge < -0.3 is 5.32 Å². The van der Waals surface area contributed by atoms with Crippen molar-refractivity contribution in [1.29, 1.82) is 0 Å². The highest BCUT2D eigenvalue weighted by molar-refractivity contribution is 6.43. The minimum Gasteiger partial charge on any atom is -0.319 e. The molecule has 0 bridgehead atoms. The second-order valence-corrected chi connectivity index (χ2v) is 4.89. The van der Waals surface area contributed by atoms with Crippen molar-refractivity contribution in [1.82, 2.24) is 0 Å². The maximum atomic E-state index is 12.2. The van der Waals surface area contributed by atoms with Crippen molar-refractivity contribution < 1.29 is 4.79 Å². The van der Waals surface area contributed by atoms with Gasteiger partial charge in [-0.05, 0) is 43.3 Å². The molecule has 4 nitrogen and oxygen atoms in total. The molecule has 2 aromatic rings. The van der Waals surface area contributed by atoms with Gasteiger partial charge in [-0.1, -0.05) is 48.5 Å². The minimum atomic E-state index is -0.383. The van der Waals surface area contributed by atoms with Gasteiger partial charge in [0.05, 0.1) is 0 Å². The normalized spacial score (nSPS) is 11.5. The van der Waals surface area contributed by atoms with Gasteiger partial charge in [0, 0.05) is 11.9 Å². The molecule has 0 atom stereocenters. The number of aliphatic imine (C=N–C) groups is 2. The van der Waals surface area contributed by atoms with E-state index < -0.39 is 0 Å². The summed E-state index contributed by atoms with van der Waals surface area (Å²) in [5.74, 6) is -0.348. The largest absolute Gasteiger partial charge is 0.319 e. The van der Waals surface area contributed by atoms with Crippen LogP contribution in [-0.4, -0.2) is 18.5 Å². The zero-order valence-corrected chi connectivity index (χ0v) is 13.3. The van der Waals surface area contributed by atoms with Crippen molar-refractivity contribution in [3.63, 3.8) is 0 Å². The molecule has 0 heterocycles. The van der Waals surface area contributed by atoms with Crippen LogP contribution in [-0.2, 0) is 4.79 Å². The quantitative estimate of drug-likeness (QED) is 0.669. The molecule has 116 valence electrons. The van der Waals surface area contributed by atoms with Gasteiger partial charge in [-0.25, -0.2) is 9.98 Å². The topological polar surface area (TPSA) is 53.8 Å². The van der Waals surface area contributed by atoms with E-state index in [2.05, 4.69) is 22.0 Å². The summed E-state index contributed by atoms with van der Waals surface area (Å²) < 4.78 is 0. The smallest absolute Gasteiger partial charge is 0.293 e. The number of anilines is 1. The van der Waals surface area contributed by atoms with Gasteiger partial charge in [-0.2, -0.15) is 0 Å². The summed E-state index contributed by atoms with van der Waals surface area (Å²) in [6, 6.07) is 15.8. The molecule has 0 aliphatic rings. The number of carbonyl (C=O) groups excluding carboxylic acids is 1. The average molecular weight is 305 g/mol. The maximum Gasteiger partial charge on any atom is 0.293 e. The first-order valence-electron chi connectivity index (χ1n) is 7.29. The maximum absolute atomic E-state index is 12.2. The zero-order valence-electron chi connectivity index (χ0n) is 13.3. The van der Waals surface area contributed by atoms with Crippen LogP contribution in [0.3, 0.4) is 0 Å². The Kier molecular flexibility index (Phi) is 5.58. The highest BCUT2D eigenvalue weighted by atomic mass is 16.2. The summed E-state index contributed by atoms with van der Waals surface area (Å²) in [6.07, 6.45) is 3.23. The molecule has 0 aliphatic heterocycles. The lowest BCUT2D eigenvalue weighted by Gasteiger charge is -2.12. The zero-order chi connectivity index (χ0) is 16.7. The number of hydrogen-bond donors (Lipinski definition) is 1. The Labute approximate surface area is 136 Å². The number of benzene rings is 2. The van der Waals surface area contributed by atoms with Gasteiger partial charge in [0.25, 0.3) is 5.91 Å². The van der Waals surface area contributed by atoms with E-state index in [1.165, 1.54) is 6.20 Å². The second-order valence-electron chi connectivity index (χ2n) is 4.89. The van der Waals surface area contributed by atoms with E-state index >= 15 is 0 Å². The van der Waals surface area contributed by atoms with Crippen LogP contribution >= 0.6 is 0 Å². The molecule has 0 fully saturated rings. The Morgan fingerprint density at radius 3 is 2.52 bits per heavy atom. The summed E-state index contributed by atoms with van der Waals surface area (Å²) in [5.41, 5.74) is 3.89. The predicted octanol–water partition coefficient (Wildman–Crippen LogP) is 4.23. The Bertz CT molecular complexity index is 761. The summed E-state index contributed by atoms with van der Waals surface area (Å²) in [7, 11) is 0. The highest BCUT2D eigenvalue weighted by Gasteiger charge is 2.12. The first kappa shape index (κ1) is 16.4. The van der Waals surface area contributed by atoms with Crippen molar-refractivity contribution in [2.75, 3.05) is 5.32 Å². The molecule has 2 aromatic carbocycles. The number of hydrogen-bond acceptors (Lipinski definition) is 2. The summed E-state index contributed by atoms with van der Waals surface area (Å²) in [4.78, 5) is 19.9. The molecule has 0 aromatic heterocycles. The van der Waals surface area contributed by atoms with Crippen LogP contribution in [0.1, 0.15) is 12.5 Å². The van der Waals surface area contributed by atoms with Crippen LogP contribution in [0.25, 0.3) is 11.1 Å². The Morgan fingerprint density at radius 2 is 1.87 bits per heavy atom. The van der Waals surface area contributed by atoms with Crippen LogP contribution in [0.4, 0.5) is 5.69 Å². The van der Waals surface area contributed by atoms with Gasteiger partial charge in [0.1, 0.15) is 0 Å². The predicted molar refractivity (Wildman–Crippen MR) is 97.0 cm³/mol. The van der Waals surface area contributed by atoms with Gasteiger partial charge in [-0.15, -0.1) is 0 Å². The molecular weight excluding hydrogens is 286 g/mol. The van der Waals surface area contributed by atoms with E-state index in [0.29, 0.717) is 0 Å². The Hall–Kier alpha value is -3.01. The van der Waals surface area contributed by atoms with Gasteiger partial charge >= 0.3 is 0 Å². The SMILES string of the molecule is C=NC(=N/C=C\C)C(=O)Nc1cccc(-c2ccccc2)c1C. The molecule has 0 aliphatic carbocycles. The van der Waals surface area contributed by atoms with E-state index in [1.54, 1.807) is 6.08 Å². The van der Waals surface area contributed by atoms with Crippen LogP contribution in [0.2, 0.25) is 0 Å². The molecule has 0 radical (unpaired) electrons. The van der Waals surface area contributed by atoms with E-state index in [1.807, 2.05) is 62.4 Å². The number of amides is 1. The molecule has 23 heavy (non-hydrogen) atoms. The molecule has 0 unspecified atom stereocenters. The average Bonchev–Trinajstić information content (AvgIpc) is 2.58. The summed E-state index contributed by atoms with van der Waals surface area (Å²) in [6.45, 7) is 7.18.